The summed E-state index contributed by atoms with van der Waals surface area (Å²) >= 11 is 0. The first-order chi connectivity index (χ1) is 13.3. The minimum absolute atomic E-state index is 0.0638. The maximum atomic E-state index is 13.0. The number of rotatable bonds is 4. The van der Waals surface area contributed by atoms with E-state index in [1.807, 2.05) is 32.0 Å². The number of aryl methyl sites for hydroxylation is 1. The van der Waals surface area contributed by atoms with E-state index in [1.165, 1.54) is 24.3 Å². The number of allylic oxidation sites excluding steroid dienone is 1. The van der Waals surface area contributed by atoms with Gasteiger partial charge < -0.3 is 16.0 Å². The third-order valence-electron chi connectivity index (χ3n) is 4.80. The molecule has 0 saturated heterocycles. The molecule has 0 saturated carbocycles. The number of nitro groups is 1. The van der Waals surface area contributed by atoms with Gasteiger partial charge in [-0.3, -0.25) is 14.9 Å². The first kappa shape index (κ1) is 19.1. The molecule has 0 fully saturated rings. The quantitative estimate of drug-likeness (QED) is 0.556. The maximum absolute atomic E-state index is 13.0. The fourth-order valence-electron chi connectivity index (χ4n) is 3.11. The lowest BCUT2D eigenvalue weighted by Gasteiger charge is -2.28. The summed E-state index contributed by atoms with van der Waals surface area (Å²) in [6.07, 6.45) is 0. The SMILES string of the molecule is CC1=C(C(=O)Nc2cccc(C)c2C)[C@@H](c2ccc([N+](=O)[O-])cc2)NC(=O)N1. The zero-order valence-electron chi connectivity index (χ0n) is 15.7. The Labute approximate surface area is 161 Å². The van der Waals surface area contributed by atoms with Crippen LogP contribution in [0.2, 0.25) is 0 Å². The van der Waals surface area contributed by atoms with Crippen molar-refractivity contribution in [2.24, 2.45) is 0 Å². The Morgan fingerprint density at radius 2 is 1.79 bits per heavy atom. The number of carbonyl (C=O) groups excluding carboxylic acids is 2. The van der Waals surface area contributed by atoms with Crippen molar-refractivity contribution in [3.8, 4) is 0 Å². The van der Waals surface area contributed by atoms with E-state index in [0.717, 1.165) is 11.1 Å². The highest BCUT2D eigenvalue weighted by Gasteiger charge is 2.31. The number of hydrogen-bond donors (Lipinski definition) is 3. The largest absolute Gasteiger partial charge is 0.327 e. The molecule has 0 bridgehead atoms. The fraction of sp³-hybridized carbons (Fsp3) is 0.200. The van der Waals surface area contributed by atoms with E-state index in [1.54, 1.807) is 6.92 Å². The molecule has 8 heteroatoms. The highest BCUT2D eigenvalue weighted by molar-refractivity contribution is 6.07. The van der Waals surface area contributed by atoms with Crippen molar-refractivity contribution in [1.82, 2.24) is 10.6 Å². The number of anilines is 1. The van der Waals surface area contributed by atoms with Crippen molar-refractivity contribution in [2.75, 3.05) is 5.32 Å². The van der Waals surface area contributed by atoms with Crippen LogP contribution in [0.4, 0.5) is 16.2 Å². The van der Waals surface area contributed by atoms with E-state index < -0.39 is 17.0 Å². The van der Waals surface area contributed by atoms with Gasteiger partial charge in [0.05, 0.1) is 16.5 Å². The average Bonchev–Trinajstić information content (AvgIpc) is 2.64. The van der Waals surface area contributed by atoms with Gasteiger partial charge in [-0.05, 0) is 55.7 Å². The molecular weight excluding hydrogens is 360 g/mol. The molecule has 3 amide bonds. The van der Waals surface area contributed by atoms with Crippen LogP contribution >= 0.6 is 0 Å². The van der Waals surface area contributed by atoms with Gasteiger partial charge in [-0.1, -0.05) is 12.1 Å². The van der Waals surface area contributed by atoms with Crippen LogP contribution in [-0.4, -0.2) is 16.9 Å². The molecule has 3 rings (SSSR count). The Bertz CT molecular complexity index is 996. The number of hydrogen-bond acceptors (Lipinski definition) is 4. The molecule has 1 aliphatic heterocycles. The second kappa shape index (κ2) is 7.51. The van der Waals surface area contributed by atoms with Gasteiger partial charge in [0.15, 0.2) is 0 Å². The number of nitro benzene ring substituents is 1. The van der Waals surface area contributed by atoms with Crippen molar-refractivity contribution in [1.29, 1.82) is 0 Å². The van der Waals surface area contributed by atoms with Crippen LogP contribution in [-0.2, 0) is 4.79 Å². The molecule has 0 spiro atoms. The molecule has 8 nitrogen and oxygen atoms in total. The monoisotopic (exact) mass is 380 g/mol. The van der Waals surface area contributed by atoms with Gasteiger partial charge in [-0.2, -0.15) is 0 Å². The summed E-state index contributed by atoms with van der Waals surface area (Å²) in [5.74, 6) is -0.359. The van der Waals surface area contributed by atoms with Crippen molar-refractivity contribution < 1.29 is 14.5 Å². The number of nitrogens with zero attached hydrogens (tertiary/aromatic N) is 1. The second-order valence-electron chi connectivity index (χ2n) is 6.62. The fourth-order valence-corrected chi connectivity index (χ4v) is 3.11. The summed E-state index contributed by atoms with van der Waals surface area (Å²) in [7, 11) is 0. The molecule has 28 heavy (non-hydrogen) atoms. The summed E-state index contributed by atoms with van der Waals surface area (Å²) < 4.78 is 0. The van der Waals surface area contributed by atoms with Crippen LogP contribution in [0.5, 0.6) is 0 Å². The van der Waals surface area contributed by atoms with E-state index in [9.17, 15) is 19.7 Å². The number of non-ortho nitro benzene ring substituents is 1. The predicted octanol–water partition coefficient (Wildman–Crippen LogP) is 3.48. The van der Waals surface area contributed by atoms with Crippen molar-refractivity contribution in [3.05, 3.63) is 80.5 Å². The van der Waals surface area contributed by atoms with Gasteiger partial charge in [0.25, 0.3) is 11.6 Å². The van der Waals surface area contributed by atoms with Crippen LogP contribution in [0.15, 0.2) is 53.7 Å². The molecule has 144 valence electrons. The maximum Gasteiger partial charge on any atom is 0.319 e. The van der Waals surface area contributed by atoms with Gasteiger partial charge in [0, 0.05) is 23.5 Å². The number of benzene rings is 2. The predicted molar refractivity (Wildman–Crippen MR) is 105 cm³/mol. The zero-order valence-corrected chi connectivity index (χ0v) is 15.7. The number of carbonyl (C=O) groups is 2. The van der Waals surface area contributed by atoms with E-state index in [-0.39, 0.29) is 11.6 Å². The molecule has 1 heterocycles. The van der Waals surface area contributed by atoms with Gasteiger partial charge in [-0.15, -0.1) is 0 Å². The summed E-state index contributed by atoms with van der Waals surface area (Å²) in [5, 5.41) is 19.1. The average molecular weight is 380 g/mol. The standard InChI is InChI=1S/C20H20N4O4/c1-11-5-4-6-16(12(11)2)22-19(25)17-13(3)21-20(26)23-18(17)14-7-9-15(10-8-14)24(27)28/h4-10,18H,1-3H3,(H,22,25)(H2,21,23,26)/t18-/m1/s1. The van der Waals surface area contributed by atoms with Crippen molar-refractivity contribution >= 4 is 23.3 Å². The van der Waals surface area contributed by atoms with Crippen LogP contribution in [0.1, 0.15) is 29.7 Å². The summed E-state index contributed by atoms with van der Waals surface area (Å²) in [5.41, 5.74) is 3.96. The van der Waals surface area contributed by atoms with Crippen LogP contribution in [0.25, 0.3) is 0 Å². The minimum atomic E-state index is -0.723. The molecule has 0 radical (unpaired) electrons. The molecule has 1 atom stereocenters. The van der Waals surface area contributed by atoms with Gasteiger partial charge >= 0.3 is 6.03 Å². The highest BCUT2D eigenvalue weighted by Crippen LogP contribution is 2.29. The van der Waals surface area contributed by atoms with Gasteiger partial charge in [0.2, 0.25) is 0 Å². The van der Waals surface area contributed by atoms with Crippen molar-refractivity contribution in [3.63, 3.8) is 0 Å². The Hall–Kier alpha value is -3.68. The van der Waals surface area contributed by atoms with Crippen LogP contribution < -0.4 is 16.0 Å². The molecule has 1 aliphatic rings. The highest BCUT2D eigenvalue weighted by atomic mass is 16.6. The first-order valence-corrected chi connectivity index (χ1v) is 8.68. The molecule has 2 aromatic rings. The second-order valence-corrected chi connectivity index (χ2v) is 6.62. The smallest absolute Gasteiger partial charge is 0.319 e. The zero-order chi connectivity index (χ0) is 20.4. The number of urea groups is 1. The summed E-state index contributed by atoms with van der Waals surface area (Å²) in [4.78, 5) is 35.4. The minimum Gasteiger partial charge on any atom is -0.327 e. The molecule has 0 aromatic heterocycles. The lowest BCUT2D eigenvalue weighted by molar-refractivity contribution is -0.384. The molecule has 0 unspecified atom stereocenters. The summed E-state index contributed by atoms with van der Waals surface area (Å²) in [6, 6.07) is 10.2. The van der Waals surface area contributed by atoms with E-state index in [2.05, 4.69) is 16.0 Å². The van der Waals surface area contributed by atoms with E-state index in [4.69, 9.17) is 0 Å². The molecular formula is C20H20N4O4. The van der Waals surface area contributed by atoms with Crippen LogP contribution in [0.3, 0.4) is 0 Å². The Morgan fingerprint density at radius 3 is 2.43 bits per heavy atom. The van der Waals surface area contributed by atoms with Gasteiger partial charge in [0.1, 0.15) is 0 Å². The Kier molecular flexibility index (Phi) is 5.12. The number of nitrogens with one attached hydrogen (secondary N) is 3. The normalized spacial score (nSPS) is 16.2. The Morgan fingerprint density at radius 1 is 1.11 bits per heavy atom. The molecule has 3 N–H and O–H groups in total. The van der Waals surface area contributed by atoms with Crippen molar-refractivity contribution in [2.45, 2.75) is 26.8 Å². The van der Waals surface area contributed by atoms with E-state index in [0.29, 0.717) is 22.5 Å². The first-order valence-electron chi connectivity index (χ1n) is 8.68. The topological polar surface area (TPSA) is 113 Å². The lowest BCUT2D eigenvalue weighted by Crippen LogP contribution is -2.46. The van der Waals surface area contributed by atoms with E-state index >= 15 is 0 Å². The Balaban J connectivity index is 1.96. The third-order valence-corrected chi connectivity index (χ3v) is 4.80. The van der Waals surface area contributed by atoms with Crippen LogP contribution in [0, 0.1) is 24.0 Å². The molecule has 2 aromatic carbocycles. The number of amides is 3. The third kappa shape index (κ3) is 3.71. The summed E-state index contributed by atoms with van der Waals surface area (Å²) in [6.45, 7) is 5.52. The lowest BCUT2D eigenvalue weighted by atomic mass is 9.94. The molecule has 0 aliphatic carbocycles. The van der Waals surface area contributed by atoms with Gasteiger partial charge in [-0.25, -0.2) is 4.79 Å².